The van der Waals surface area contributed by atoms with Crippen LogP contribution in [0.5, 0.6) is 17.2 Å². The molecule has 0 saturated heterocycles. The van der Waals surface area contributed by atoms with Gasteiger partial charge in [0, 0.05) is 23.3 Å². The van der Waals surface area contributed by atoms with Crippen molar-refractivity contribution < 1.29 is 24.3 Å². The fourth-order valence-corrected chi connectivity index (χ4v) is 1.94. The third-order valence-corrected chi connectivity index (χ3v) is 3.19. The molecule has 0 spiro atoms. The number of carbonyl (C=O) groups excluding carboxylic acids is 1. The highest BCUT2D eigenvalue weighted by atomic mass is 16.6. The fraction of sp³-hybridized carbons (Fsp3) is 0.125. The average Bonchev–Trinajstić information content (AvgIpc) is 2.62. The van der Waals surface area contributed by atoms with Crippen molar-refractivity contribution in [1.82, 2.24) is 5.43 Å². The molecule has 0 saturated carbocycles. The molecule has 0 aliphatic heterocycles. The molecule has 0 heterocycles. The second kappa shape index (κ2) is 7.77. The van der Waals surface area contributed by atoms with Gasteiger partial charge in [-0.3, -0.25) is 14.9 Å². The molecule has 0 fully saturated rings. The Morgan fingerprint density at radius 1 is 1.20 bits per heavy atom. The zero-order chi connectivity index (χ0) is 18.4. The van der Waals surface area contributed by atoms with Crippen LogP contribution >= 0.6 is 0 Å². The lowest BCUT2D eigenvalue weighted by Crippen LogP contribution is -2.17. The van der Waals surface area contributed by atoms with Crippen molar-refractivity contribution in [3.63, 3.8) is 0 Å². The fourth-order valence-electron chi connectivity index (χ4n) is 1.94. The van der Waals surface area contributed by atoms with E-state index in [9.17, 15) is 20.0 Å². The SMILES string of the molecule is COc1cc(OC)cc(C(=O)N/N=C/c2ccc(O)c([N+](=O)[O-])c2)c1. The van der Waals surface area contributed by atoms with Crippen LogP contribution in [0.4, 0.5) is 5.69 Å². The van der Waals surface area contributed by atoms with Crippen LogP contribution in [0, 0.1) is 10.1 Å². The van der Waals surface area contributed by atoms with Crippen LogP contribution in [0.2, 0.25) is 0 Å². The second-order valence-corrected chi connectivity index (χ2v) is 4.81. The number of hydrogen-bond acceptors (Lipinski definition) is 7. The lowest BCUT2D eigenvalue weighted by molar-refractivity contribution is -0.385. The Bertz CT molecular complexity index is 812. The minimum absolute atomic E-state index is 0.269. The summed E-state index contributed by atoms with van der Waals surface area (Å²) in [5.41, 5.74) is 2.46. The molecule has 2 aromatic rings. The van der Waals surface area contributed by atoms with Crippen LogP contribution in [0.25, 0.3) is 0 Å². The average molecular weight is 345 g/mol. The van der Waals surface area contributed by atoms with Gasteiger partial charge in [0.2, 0.25) is 0 Å². The zero-order valence-electron chi connectivity index (χ0n) is 13.4. The van der Waals surface area contributed by atoms with E-state index in [2.05, 4.69) is 10.5 Å². The van der Waals surface area contributed by atoms with Crippen molar-refractivity contribution in [2.75, 3.05) is 14.2 Å². The summed E-state index contributed by atoms with van der Waals surface area (Å²) in [6.45, 7) is 0. The number of phenolic OH excluding ortho intramolecular Hbond substituents is 1. The summed E-state index contributed by atoms with van der Waals surface area (Å²) in [7, 11) is 2.93. The number of hydrazone groups is 1. The standard InChI is InChI=1S/C16H15N3O6/c1-24-12-6-11(7-13(8-12)25-2)16(21)18-17-9-10-3-4-15(20)14(5-10)19(22)23/h3-9,20H,1-2H3,(H,18,21)/b17-9+. The molecule has 0 bridgehead atoms. The first-order valence-corrected chi connectivity index (χ1v) is 6.98. The normalized spacial score (nSPS) is 10.5. The molecule has 2 rings (SSSR count). The van der Waals surface area contributed by atoms with Crippen LogP contribution < -0.4 is 14.9 Å². The highest BCUT2D eigenvalue weighted by molar-refractivity contribution is 5.95. The zero-order valence-corrected chi connectivity index (χ0v) is 13.4. The molecule has 25 heavy (non-hydrogen) atoms. The van der Waals surface area contributed by atoms with E-state index < -0.39 is 22.3 Å². The summed E-state index contributed by atoms with van der Waals surface area (Å²) in [6, 6.07) is 8.38. The Kier molecular flexibility index (Phi) is 5.51. The monoisotopic (exact) mass is 345 g/mol. The topological polar surface area (TPSA) is 123 Å². The number of nitrogens with one attached hydrogen (secondary N) is 1. The van der Waals surface area contributed by atoms with Gasteiger partial charge in [-0.1, -0.05) is 0 Å². The lowest BCUT2D eigenvalue weighted by atomic mass is 10.2. The predicted octanol–water partition coefficient (Wildman–Crippen LogP) is 2.08. The number of rotatable bonds is 6. The Morgan fingerprint density at radius 2 is 1.84 bits per heavy atom. The Hall–Kier alpha value is -3.62. The third kappa shape index (κ3) is 4.44. The minimum Gasteiger partial charge on any atom is -0.502 e. The van der Waals surface area contributed by atoms with Crippen LogP contribution in [-0.2, 0) is 0 Å². The highest BCUT2D eigenvalue weighted by Gasteiger charge is 2.13. The van der Waals surface area contributed by atoms with Crippen molar-refractivity contribution in [3.8, 4) is 17.2 Å². The molecule has 1 amide bonds. The molecule has 0 radical (unpaired) electrons. The summed E-state index contributed by atoms with van der Waals surface area (Å²) in [5.74, 6) is -0.0679. The molecule has 130 valence electrons. The maximum atomic E-state index is 12.1. The molecule has 0 aliphatic rings. The molecule has 0 unspecified atom stereocenters. The van der Waals surface area contributed by atoms with Crippen LogP contribution in [-0.4, -0.2) is 36.4 Å². The lowest BCUT2D eigenvalue weighted by Gasteiger charge is -2.07. The molecule has 0 aromatic heterocycles. The van der Waals surface area contributed by atoms with Gasteiger partial charge in [0.15, 0.2) is 5.75 Å². The van der Waals surface area contributed by atoms with E-state index in [1.54, 1.807) is 6.07 Å². The molecule has 0 atom stereocenters. The van der Waals surface area contributed by atoms with Gasteiger partial charge < -0.3 is 14.6 Å². The number of nitro groups is 1. The van der Waals surface area contributed by atoms with Crippen molar-refractivity contribution in [2.45, 2.75) is 0 Å². The van der Waals surface area contributed by atoms with Crippen molar-refractivity contribution in [3.05, 3.63) is 57.6 Å². The molecule has 2 N–H and O–H groups in total. The minimum atomic E-state index is -0.715. The van der Waals surface area contributed by atoms with Gasteiger partial charge in [0.1, 0.15) is 11.5 Å². The van der Waals surface area contributed by atoms with Crippen LogP contribution in [0.15, 0.2) is 41.5 Å². The molecular weight excluding hydrogens is 330 g/mol. The molecule has 2 aromatic carbocycles. The number of amides is 1. The van der Waals surface area contributed by atoms with E-state index in [0.717, 1.165) is 6.07 Å². The number of carbonyl (C=O) groups is 1. The molecule has 0 aliphatic carbocycles. The number of phenols is 1. The van der Waals surface area contributed by atoms with Gasteiger partial charge in [-0.15, -0.1) is 0 Å². The van der Waals surface area contributed by atoms with E-state index in [0.29, 0.717) is 17.1 Å². The number of benzene rings is 2. The first-order chi connectivity index (χ1) is 11.9. The van der Waals surface area contributed by atoms with Gasteiger partial charge in [0.05, 0.1) is 25.4 Å². The van der Waals surface area contributed by atoms with E-state index in [1.165, 1.54) is 44.7 Å². The van der Waals surface area contributed by atoms with E-state index in [4.69, 9.17) is 9.47 Å². The van der Waals surface area contributed by atoms with Gasteiger partial charge >= 0.3 is 5.69 Å². The van der Waals surface area contributed by atoms with E-state index in [-0.39, 0.29) is 5.56 Å². The van der Waals surface area contributed by atoms with Gasteiger partial charge in [0.25, 0.3) is 5.91 Å². The maximum Gasteiger partial charge on any atom is 0.311 e. The Labute approximate surface area is 142 Å². The van der Waals surface area contributed by atoms with Crippen LogP contribution in [0.3, 0.4) is 0 Å². The number of methoxy groups -OCH3 is 2. The number of aromatic hydroxyl groups is 1. The third-order valence-electron chi connectivity index (χ3n) is 3.19. The molecule has 9 heteroatoms. The largest absolute Gasteiger partial charge is 0.502 e. The summed E-state index contributed by atoms with van der Waals surface area (Å²) < 4.78 is 10.2. The quantitative estimate of drug-likeness (QED) is 0.469. The summed E-state index contributed by atoms with van der Waals surface area (Å²) in [6.07, 6.45) is 1.22. The number of ether oxygens (including phenoxy) is 2. The van der Waals surface area contributed by atoms with Gasteiger partial charge in [-0.2, -0.15) is 5.10 Å². The first kappa shape index (κ1) is 17.7. The van der Waals surface area contributed by atoms with Gasteiger partial charge in [-0.25, -0.2) is 5.43 Å². The van der Waals surface area contributed by atoms with Crippen molar-refractivity contribution in [2.24, 2.45) is 5.10 Å². The maximum absolute atomic E-state index is 12.1. The van der Waals surface area contributed by atoms with Gasteiger partial charge in [-0.05, 0) is 24.3 Å². The number of nitrogens with zero attached hydrogens (tertiary/aromatic N) is 2. The van der Waals surface area contributed by atoms with Crippen LogP contribution in [0.1, 0.15) is 15.9 Å². The smallest absolute Gasteiger partial charge is 0.311 e. The first-order valence-electron chi connectivity index (χ1n) is 6.98. The van der Waals surface area contributed by atoms with Crippen molar-refractivity contribution in [1.29, 1.82) is 0 Å². The molecular formula is C16H15N3O6. The summed E-state index contributed by atoms with van der Waals surface area (Å²) in [5, 5.41) is 23.9. The Morgan fingerprint density at radius 3 is 2.40 bits per heavy atom. The summed E-state index contributed by atoms with van der Waals surface area (Å²) >= 11 is 0. The predicted molar refractivity (Wildman–Crippen MR) is 89.4 cm³/mol. The number of hydrogen-bond donors (Lipinski definition) is 2. The number of nitro benzene ring substituents is 1. The molecule has 9 nitrogen and oxygen atoms in total. The highest BCUT2D eigenvalue weighted by Crippen LogP contribution is 2.25. The van der Waals surface area contributed by atoms with E-state index >= 15 is 0 Å². The van der Waals surface area contributed by atoms with E-state index in [1.807, 2.05) is 0 Å². The Balaban J connectivity index is 2.13. The van der Waals surface area contributed by atoms with Crippen molar-refractivity contribution >= 4 is 17.8 Å². The summed E-state index contributed by atoms with van der Waals surface area (Å²) in [4.78, 5) is 22.2. The second-order valence-electron chi connectivity index (χ2n) is 4.81.